The summed E-state index contributed by atoms with van der Waals surface area (Å²) < 4.78 is 17.7. The van der Waals surface area contributed by atoms with Gasteiger partial charge in [-0.15, -0.1) is 0 Å². The Morgan fingerprint density at radius 3 is 2.57 bits per heavy atom. The van der Waals surface area contributed by atoms with Gasteiger partial charge in [0.05, 0.1) is 19.6 Å². The quantitative estimate of drug-likeness (QED) is 0.358. The molecule has 152 valence electrons. The predicted molar refractivity (Wildman–Crippen MR) is 90.8 cm³/mol. The van der Waals surface area contributed by atoms with Crippen LogP contribution in [0.2, 0.25) is 0 Å². The van der Waals surface area contributed by atoms with Crippen LogP contribution in [0.15, 0.2) is 11.6 Å². The van der Waals surface area contributed by atoms with Crippen molar-refractivity contribution >= 4 is 11.8 Å². The highest BCUT2D eigenvalue weighted by atomic mass is 16.6. The number of aliphatic hydroxyl groups is 3. The van der Waals surface area contributed by atoms with Gasteiger partial charge in [-0.25, -0.2) is 0 Å². The maximum absolute atomic E-state index is 12.6. The SMILES string of the molecule is CC1=CC(=O)[C@@H](O)[C@]2(C)[C@@H]3C45OC[C@]3(O)[C@H](O)[C@@]3(CO3)[C@@H]4CC(=O)OC5C[C@@H]12. The van der Waals surface area contributed by atoms with E-state index in [9.17, 15) is 24.9 Å². The molecule has 3 heterocycles. The smallest absolute Gasteiger partial charge is 0.306 e. The van der Waals surface area contributed by atoms with Crippen molar-refractivity contribution in [3.8, 4) is 0 Å². The van der Waals surface area contributed by atoms with Crippen molar-refractivity contribution in [2.75, 3.05) is 13.2 Å². The monoisotopic (exact) mass is 392 g/mol. The van der Waals surface area contributed by atoms with E-state index in [2.05, 4.69) is 0 Å². The van der Waals surface area contributed by atoms with E-state index >= 15 is 0 Å². The number of allylic oxidation sites excluding steroid dienone is 1. The minimum Gasteiger partial charge on any atom is -0.459 e. The molecule has 6 rings (SSSR count). The van der Waals surface area contributed by atoms with Crippen LogP contribution in [0.3, 0.4) is 0 Å². The molecule has 6 aliphatic rings. The fraction of sp³-hybridized carbons (Fsp3) is 0.800. The van der Waals surface area contributed by atoms with Crippen molar-refractivity contribution in [3.63, 3.8) is 0 Å². The normalized spacial score (nSPS) is 61.4. The van der Waals surface area contributed by atoms with E-state index in [1.165, 1.54) is 6.08 Å². The van der Waals surface area contributed by atoms with E-state index in [1.54, 1.807) is 6.92 Å². The van der Waals surface area contributed by atoms with Gasteiger partial charge in [0.1, 0.15) is 35.1 Å². The fourth-order valence-electron chi connectivity index (χ4n) is 7.74. The van der Waals surface area contributed by atoms with Crippen molar-refractivity contribution in [2.45, 2.75) is 61.8 Å². The van der Waals surface area contributed by atoms with Crippen LogP contribution in [-0.2, 0) is 23.8 Å². The molecule has 28 heavy (non-hydrogen) atoms. The van der Waals surface area contributed by atoms with Crippen LogP contribution in [0.5, 0.6) is 0 Å². The summed E-state index contributed by atoms with van der Waals surface area (Å²) in [5.74, 6) is -2.34. The standard InChI is InChI=1S/C20H24O8/c1-8-3-10(21)14(23)17(2)9(8)4-12-20-11(5-13(22)28-12)19(7-26-19)16(24)18(25,6-27-20)15(17)20/h3,9,11-12,14-16,23-25H,4-7H2,1-2H3/t9-,11-,12?,14+,15-,16-,17+,18+,19+,20?/m0/s1. The second-order valence-electron chi connectivity index (χ2n) is 9.80. The average Bonchev–Trinajstić information content (AvgIpc) is 3.38. The molecule has 0 aromatic heterocycles. The first kappa shape index (κ1) is 17.5. The fourth-order valence-corrected chi connectivity index (χ4v) is 7.74. The van der Waals surface area contributed by atoms with Crippen LogP contribution < -0.4 is 0 Å². The number of esters is 1. The van der Waals surface area contributed by atoms with Gasteiger partial charge in [-0.05, 0) is 25.3 Å². The molecular weight excluding hydrogens is 368 g/mol. The number of ketones is 1. The molecule has 3 N–H and O–H groups in total. The Balaban J connectivity index is 1.63. The zero-order chi connectivity index (χ0) is 19.9. The van der Waals surface area contributed by atoms with E-state index in [0.717, 1.165) is 5.57 Å². The summed E-state index contributed by atoms with van der Waals surface area (Å²) in [5, 5.41) is 34.0. The first-order valence-electron chi connectivity index (χ1n) is 9.90. The minimum atomic E-state index is -1.71. The third-order valence-corrected chi connectivity index (χ3v) is 8.80. The van der Waals surface area contributed by atoms with Crippen molar-refractivity contribution in [3.05, 3.63) is 11.6 Å². The molecule has 2 saturated carbocycles. The molecule has 0 aromatic carbocycles. The number of rotatable bonds is 0. The lowest BCUT2D eigenvalue weighted by Crippen LogP contribution is -2.80. The van der Waals surface area contributed by atoms with Crippen LogP contribution in [0, 0.1) is 23.2 Å². The van der Waals surface area contributed by atoms with Crippen molar-refractivity contribution < 1.29 is 39.1 Å². The highest BCUT2D eigenvalue weighted by molar-refractivity contribution is 5.96. The number of hydrogen-bond acceptors (Lipinski definition) is 8. The van der Waals surface area contributed by atoms with Crippen molar-refractivity contribution in [2.24, 2.45) is 23.2 Å². The zero-order valence-electron chi connectivity index (χ0n) is 15.8. The van der Waals surface area contributed by atoms with Gasteiger partial charge in [-0.1, -0.05) is 12.5 Å². The molecule has 8 heteroatoms. The summed E-state index contributed by atoms with van der Waals surface area (Å²) >= 11 is 0. The van der Waals surface area contributed by atoms with E-state index in [0.29, 0.717) is 6.42 Å². The Hall–Kier alpha value is -1.32. The number of aliphatic hydroxyl groups excluding tert-OH is 2. The number of carbonyl (C=O) groups is 2. The Bertz CT molecular complexity index is 847. The van der Waals surface area contributed by atoms with E-state index in [4.69, 9.17) is 14.2 Å². The molecule has 2 bridgehead atoms. The molecule has 0 aromatic rings. The topological polar surface area (TPSA) is 126 Å². The number of hydrogen-bond donors (Lipinski definition) is 3. The summed E-state index contributed by atoms with van der Waals surface area (Å²) in [4.78, 5) is 25.0. The molecule has 0 radical (unpaired) electrons. The number of carbonyl (C=O) groups excluding carboxylic acids is 2. The van der Waals surface area contributed by atoms with Gasteiger partial charge in [-0.3, -0.25) is 9.59 Å². The average molecular weight is 392 g/mol. The van der Waals surface area contributed by atoms with E-state index in [1.807, 2.05) is 6.92 Å². The van der Waals surface area contributed by atoms with Crippen LogP contribution in [-0.4, -0.2) is 75.4 Å². The first-order valence-corrected chi connectivity index (χ1v) is 9.90. The summed E-state index contributed by atoms with van der Waals surface area (Å²) in [6, 6.07) is 0. The summed E-state index contributed by atoms with van der Waals surface area (Å²) in [6.45, 7) is 3.70. The predicted octanol–water partition coefficient (Wildman–Crippen LogP) is -0.906. The summed E-state index contributed by atoms with van der Waals surface area (Å²) in [7, 11) is 0. The molecule has 3 aliphatic carbocycles. The highest BCUT2D eigenvalue weighted by Gasteiger charge is 2.87. The Labute approximate surface area is 161 Å². The maximum atomic E-state index is 12.6. The van der Waals surface area contributed by atoms with Gasteiger partial charge in [0.2, 0.25) is 0 Å². The third kappa shape index (κ3) is 1.54. The number of epoxide rings is 1. The maximum Gasteiger partial charge on any atom is 0.306 e. The summed E-state index contributed by atoms with van der Waals surface area (Å²) in [5.41, 5.74) is -4.12. The first-order chi connectivity index (χ1) is 13.1. The molecule has 10 atom stereocenters. The zero-order valence-corrected chi connectivity index (χ0v) is 15.8. The molecule has 0 amide bonds. The molecule has 2 spiro atoms. The summed E-state index contributed by atoms with van der Waals surface area (Å²) in [6.07, 6.45) is -1.40. The van der Waals surface area contributed by atoms with Gasteiger partial charge in [0, 0.05) is 17.3 Å². The Morgan fingerprint density at radius 2 is 1.89 bits per heavy atom. The Morgan fingerprint density at radius 1 is 1.18 bits per heavy atom. The third-order valence-electron chi connectivity index (χ3n) is 8.80. The van der Waals surface area contributed by atoms with E-state index in [-0.39, 0.29) is 31.5 Å². The molecule has 3 aliphatic heterocycles. The lowest BCUT2D eigenvalue weighted by atomic mass is 9.40. The van der Waals surface area contributed by atoms with Crippen molar-refractivity contribution in [1.29, 1.82) is 0 Å². The van der Waals surface area contributed by atoms with Crippen LogP contribution >= 0.6 is 0 Å². The molecule has 5 fully saturated rings. The van der Waals surface area contributed by atoms with Gasteiger partial charge < -0.3 is 29.5 Å². The molecular formula is C20H24O8. The van der Waals surface area contributed by atoms with Gasteiger partial charge in [0.15, 0.2) is 5.78 Å². The van der Waals surface area contributed by atoms with Crippen LogP contribution in [0.4, 0.5) is 0 Å². The lowest BCUT2D eigenvalue weighted by molar-refractivity contribution is -0.300. The Kier molecular flexibility index (Phi) is 2.94. The number of ether oxygens (including phenoxy) is 3. The van der Waals surface area contributed by atoms with Gasteiger partial charge in [0.25, 0.3) is 0 Å². The minimum absolute atomic E-state index is 0.0136. The highest BCUT2D eigenvalue weighted by Crippen LogP contribution is 2.73. The molecule has 2 unspecified atom stereocenters. The largest absolute Gasteiger partial charge is 0.459 e. The van der Waals surface area contributed by atoms with E-state index < -0.39 is 58.1 Å². The molecule has 3 saturated heterocycles. The van der Waals surface area contributed by atoms with Crippen LogP contribution in [0.25, 0.3) is 0 Å². The van der Waals surface area contributed by atoms with Crippen LogP contribution in [0.1, 0.15) is 26.7 Å². The number of fused-ring (bicyclic) bond motifs is 2. The van der Waals surface area contributed by atoms with Gasteiger partial charge >= 0.3 is 5.97 Å². The second-order valence-corrected chi connectivity index (χ2v) is 9.80. The second kappa shape index (κ2) is 4.70. The lowest BCUT2D eigenvalue weighted by Gasteiger charge is -2.67. The van der Waals surface area contributed by atoms with Crippen molar-refractivity contribution in [1.82, 2.24) is 0 Å². The molecule has 8 nitrogen and oxygen atoms in total. The van der Waals surface area contributed by atoms with Gasteiger partial charge in [-0.2, -0.15) is 0 Å².